The van der Waals surface area contributed by atoms with Gasteiger partial charge in [-0.3, -0.25) is 0 Å². The van der Waals surface area contributed by atoms with Crippen molar-refractivity contribution in [1.29, 1.82) is 0 Å². The molecule has 0 radical (unpaired) electrons. The topological polar surface area (TPSA) is 50.5 Å². The Morgan fingerprint density at radius 2 is 2.15 bits per heavy atom. The zero-order chi connectivity index (χ0) is 13.8. The van der Waals surface area contributed by atoms with Gasteiger partial charge in [-0.2, -0.15) is 0 Å². The van der Waals surface area contributed by atoms with Crippen LogP contribution in [0.1, 0.15) is 5.76 Å². The number of hydrogen-bond acceptors (Lipinski definition) is 5. The second-order valence-electron chi connectivity index (χ2n) is 4.63. The van der Waals surface area contributed by atoms with Gasteiger partial charge >= 0.3 is 0 Å². The third-order valence-electron chi connectivity index (χ3n) is 3.16. The second-order valence-corrected chi connectivity index (χ2v) is 5.07. The lowest BCUT2D eigenvalue weighted by molar-refractivity contribution is 0.249. The summed E-state index contributed by atoms with van der Waals surface area (Å²) in [7, 11) is 0. The molecule has 1 N–H and O–H groups in total. The number of rotatable bonds is 4. The zero-order valence-electron chi connectivity index (χ0n) is 11.0. The Labute approximate surface area is 122 Å². The molecular formula is C14H16ClN3O2. The summed E-state index contributed by atoms with van der Waals surface area (Å²) in [6.07, 6.45) is 0. The highest BCUT2D eigenvalue weighted by Gasteiger charge is 2.15. The van der Waals surface area contributed by atoms with Crippen LogP contribution in [0.25, 0.3) is 0 Å². The quantitative estimate of drug-likeness (QED) is 0.937. The fourth-order valence-corrected chi connectivity index (χ4v) is 2.30. The van der Waals surface area contributed by atoms with E-state index in [1.165, 1.54) is 0 Å². The normalized spacial score (nSPS) is 15.3. The molecule has 1 aromatic carbocycles. The average molecular weight is 294 g/mol. The van der Waals surface area contributed by atoms with Gasteiger partial charge in [0.25, 0.3) is 0 Å². The number of anilines is 1. The van der Waals surface area contributed by atoms with Crippen LogP contribution in [-0.4, -0.2) is 31.3 Å². The molecule has 0 amide bonds. The molecule has 1 fully saturated rings. The van der Waals surface area contributed by atoms with Crippen molar-refractivity contribution < 1.29 is 9.26 Å². The van der Waals surface area contributed by atoms with E-state index >= 15 is 0 Å². The highest BCUT2D eigenvalue weighted by molar-refractivity contribution is 6.30. The number of piperazine rings is 1. The van der Waals surface area contributed by atoms with Crippen LogP contribution in [0.15, 0.2) is 34.9 Å². The standard InChI is InChI=1S/C14H16ClN3O2/c15-11-2-1-3-12(8-11)19-10-13-9-14(17-20-13)18-6-4-16-5-7-18/h1-3,8-9,16H,4-7,10H2. The summed E-state index contributed by atoms with van der Waals surface area (Å²) in [5, 5.41) is 8.05. The van der Waals surface area contributed by atoms with Crippen molar-refractivity contribution in [3.63, 3.8) is 0 Å². The van der Waals surface area contributed by atoms with Crippen molar-refractivity contribution in [3.05, 3.63) is 41.1 Å². The van der Waals surface area contributed by atoms with E-state index in [9.17, 15) is 0 Å². The van der Waals surface area contributed by atoms with E-state index in [1.54, 1.807) is 6.07 Å². The highest BCUT2D eigenvalue weighted by atomic mass is 35.5. The van der Waals surface area contributed by atoms with Gasteiger partial charge in [0.1, 0.15) is 12.4 Å². The van der Waals surface area contributed by atoms with E-state index in [2.05, 4.69) is 15.4 Å². The molecule has 5 nitrogen and oxygen atoms in total. The van der Waals surface area contributed by atoms with Gasteiger partial charge in [-0.1, -0.05) is 22.8 Å². The molecule has 0 bridgehead atoms. The minimum Gasteiger partial charge on any atom is -0.485 e. The summed E-state index contributed by atoms with van der Waals surface area (Å²) in [6.45, 7) is 4.18. The SMILES string of the molecule is Clc1cccc(OCc2cc(N3CCNCC3)no2)c1. The number of ether oxygens (including phenoxy) is 1. The van der Waals surface area contributed by atoms with Crippen molar-refractivity contribution in [2.45, 2.75) is 6.61 Å². The number of halogens is 1. The van der Waals surface area contributed by atoms with Gasteiger partial charge < -0.3 is 19.5 Å². The minimum absolute atomic E-state index is 0.347. The number of nitrogens with zero attached hydrogens (tertiary/aromatic N) is 2. The number of aromatic nitrogens is 1. The third-order valence-corrected chi connectivity index (χ3v) is 3.40. The van der Waals surface area contributed by atoms with E-state index in [-0.39, 0.29) is 0 Å². The largest absolute Gasteiger partial charge is 0.485 e. The molecule has 0 saturated carbocycles. The third kappa shape index (κ3) is 3.23. The summed E-state index contributed by atoms with van der Waals surface area (Å²) in [5.74, 6) is 2.30. The van der Waals surface area contributed by atoms with Crippen LogP contribution in [-0.2, 0) is 6.61 Å². The molecule has 2 heterocycles. The Morgan fingerprint density at radius 1 is 1.30 bits per heavy atom. The predicted molar refractivity (Wildman–Crippen MR) is 77.4 cm³/mol. The summed E-state index contributed by atoms with van der Waals surface area (Å²) < 4.78 is 10.9. The Balaban J connectivity index is 1.59. The molecule has 2 aromatic rings. The molecule has 1 aliphatic rings. The van der Waals surface area contributed by atoms with Crippen LogP contribution >= 0.6 is 11.6 Å². The number of nitrogens with one attached hydrogen (secondary N) is 1. The molecule has 6 heteroatoms. The number of hydrogen-bond donors (Lipinski definition) is 1. The smallest absolute Gasteiger partial charge is 0.176 e. The Kier molecular flexibility index (Phi) is 4.08. The maximum Gasteiger partial charge on any atom is 0.176 e. The van der Waals surface area contributed by atoms with Gasteiger partial charge in [-0.05, 0) is 18.2 Å². The van der Waals surface area contributed by atoms with Crippen LogP contribution in [0.4, 0.5) is 5.82 Å². The van der Waals surface area contributed by atoms with E-state index in [4.69, 9.17) is 20.9 Å². The second kappa shape index (κ2) is 6.15. The molecule has 0 atom stereocenters. The summed E-state index contributed by atoms with van der Waals surface area (Å²) >= 11 is 5.90. The molecule has 1 saturated heterocycles. The lowest BCUT2D eigenvalue weighted by Gasteiger charge is -2.26. The van der Waals surface area contributed by atoms with Crippen molar-refractivity contribution in [1.82, 2.24) is 10.5 Å². The Morgan fingerprint density at radius 3 is 2.95 bits per heavy atom. The highest BCUT2D eigenvalue weighted by Crippen LogP contribution is 2.20. The van der Waals surface area contributed by atoms with E-state index in [0.29, 0.717) is 17.4 Å². The van der Waals surface area contributed by atoms with Gasteiger partial charge in [0.15, 0.2) is 11.6 Å². The van der Waals surface area contributed by atoms with Gasteiger partial charge in [0.05, 0.1) is 0 Å². The number of benzene rings is 1. The molecule has 3 rings (SSSR count). The molecule has 20 heavy (non-hydrogen) atoms. The van der Waals surface area contributed by atoms with Crippen molar-refractivity contribution >= 4 is 17.4 Å². The molecular weight excluding hydrogens is 278 g/mol. The van der Waals surface area contributed by atoms with Crippen LogP contribution in [0.5, 0.6) is 5.75 Å². The van der Waals surface area contributed by atoms with Gasteiger partial charge in [0, 0.05) is 37.3 Å². The fraction of sp³-hybridized carbons (Fsp3) is 0.357. The maximum atomic E-state index is 5.90. The monoisotopic (exact) mass is 293 g/mol. The first kappa shape index (κ1) is 13.3. The van der Waals surface area contributed by atoms with Gasteiger partial charge in [-0.25, -0.2) is 0 Å². The van der Waals surface area contributed by atoms with Crippen LogP contribution < -0.4 is 15.0 Å². The van der Waals surface area contributed by atoms with Crippen molar-refractivity contribution in [2.75, 3.05) is 31.1 Å². The predicted octanol–water partition coefficient (Wildman–Crippen LogP) is 2.32. The summed E-state index contributed by atoms with van der Waals surface area (Å²) in [5.41, 5.74) is 0. The first-order valence-corrected chi connectivity index (χ1v) is 6.99. The van der Waals surface area contributed by atoms with Crippen LogP contribution in [0.3, 0.4) is 0 Å². The van der Waals surface area contributed by atoms with Crippen molar-refractivity contribution in [2.24, 2.45) is 0 Å². The molecule has 106 valence electrons. The van der Waals surface area contributed by atoms with E-state index in [1.807, 2.05) is 24.3 Å². The average Bonchev–Trinajstić information content (AvgIpc) is 2.95. The molecule has 1 aromatic heterocycles. The van der Waals surface area contributed by atoms with Gasteiger partial charge in [0.2, 0.25) is 0 Å². The lowest BCUT2D eigenvalue weighted by Crippen LogP contribution is -2.43. The molecule has 0 spiro atoms. The van der Waals surface area contributed by atoms with E-state index < -0.39 is 0 Å². The summed E-state index contributed by atoms with van der Waals surface area (Å²) in [6, 6.07) is 9.22. The fourth-order valence-electron chi connectivity index (χ4n) is 2.12. The zero-order valence-corrected chi connectivity index (χ0v) is 11.8. The van der Waals surface area contributed by atoms with E-state index in [0.717, 1.165) is 37.7 Å². The molecule has 0 unspecified atom stereocenters. The lowest BCUT2D eigenvalue weighted by atomic mass is 10.3. The Bertz CT molecular complexity index is 567. The first-order chi connectivity index (χ1) is 9.81. The minimum atomic E-state index is 0.347. The Hall–Kier alpha value is -1.72. The van der Waals surface area contributed by atoms with Crippen LogP contribution in [0, 0.1) is 0 Å². The molecule has 0 aliphatic carbocycles. The van der Waals surface area contributed by atoms with Gasteiger partial charge in [-0.15, -0.1) is 0 Å². The molecule has 1 aliphatic heterocycles. The summed E-state index contributed by atoms with van der Waals surface area (Å²) in [4.78, 5) is 2.20. The first-order valence-electron chi connectivity index (χ1n) is 6.61. The maximum absolute atomic E-state index is 5.90. The van der Waals surface area contributed by atoms with Crippen LogP contribution in [0.2, 0.25) is 5.02 Å². The van der Waals surface area contributed by atoms with Crippen molar-refractivity contribution in [3.8, 4) is 5.75 Å².